The summed E-state index contributed by atoms with van der Waals surface area (Å²) in [5.74, 6) is 0.470. The smallest absolute Gasteiger partial charge is 0.254 e. The van der Waals surface area contributed by atoms with E-state index in [9.17, 15) is 9.59 Å². The number of carbonyl (C=O) groups is 2. The Morgan fingerprint density at radius 3 is 2.32 bits per heavy atom. The Morgan fingerprint density at radius 1 is 0.816 bits per heavy atom. The number of aryl methyl sites for hydroxylation is 2. The Kier molecular flexibility index (Phi) is 7.26. The zero-order chi connectivity index (χ0) is 26.6. The summed E-state index contributed by atoms with van der Waals surface area (Å²) in [6, 6.07) is 15.1. The number of benzene rings is 2. The maximum atomic E-state index is 14.0. The Labute approximate surface area is 222 Å². The number of fused-ring (bicyclic) bond motifs is 2. The molecule has 0 saturated heterocycles. The fourth-order valence-electron chi connectivity index (χ4n) is 4.79. The Balaban J connectivity index is 1.53. The summed E-state index contributed by atoms with van der Waals surface area (Å²) in [7, 11) is 0. The van der Waals surface area contributed by atoms with Crippen LogP contribution in [0.4, 0.5) is 11.6 Å². The first-order valence-electron chi connectivity index (χ1n) is 12.8. The van der Waals surface area contributed by atoms with Crippen molar-refractivity contribution >= 4 is 34.5 Å². The number of hydrogen-bond acceptors (Lipinski definition) is 7. The monoisotopic (exact) mass is 509 g/mol. The van der Waals surface area contributed by atoms with Crippen LogP contribution in [0.1, 0.15) is 40.7 Å². The van der Waals surface area contributed by atoms with E-state index in [0.717, 1.165) is 34.6 Å². The van der Waals surface area contributed by atoms with Crippen LogP contribution in [-0.2, 0) is 11.3 Å². The number of aromatic nitrogens is 4. The van der Waals surface area contributed by atoms with E-state index in [4.69, 9.17) is 0 Å². The lowest BCUT2D eigenvalue weighted by atomic mass is 10.1. The maximum Gasteiger partial charge on any atom is 0.254 e. The van der Waals surface area contributed by atoms with Gasteiger partial charge in [0.15, 0.2) is 0 Å². The lowest BCUT2D eigenvalue weighted by molar-refractivity contribution is -0.116. The highest BCUT2D eigenvalue weighted by Gasteiger charge is 2.24. The van der Waals surface area contributed by atoms with E-state index in [1.807, 2.05) is 61.2 Å². The molecular formula is C29H31N7O2. The van der Waals surface area contributed by atoms with E-state index >= 15 is 0 Å². The molecule has 0 aliphatic carbocycles. The first-order chi connectivity index (χ1) is 18.4. The zero-order valence-electron chi connectivity index (χ0n) is 22.0. The molecule has 4 aromatic rings. The van der Waals surface area contributed by atoms with Crippen LogP contribution in [-0.4, -0.2) is 62.8 Å². The SMILES string of the molecule is CC(=O)N1CCCN(c2ncccn2)CCN(C(=O)c2ccc3nc(C)c(C)nc3c2)Cc2ccccc21. The molecule has 3 heterocycles. The van der Waals surface area contributed by atoms with Gasteiger partial charge in [-0.25, -0.2) is 19.9 Å². The van der Waals surface area contributed by atoms with Gasteiger partial charge in [-0.3, -0.25) is 9.59 Å². The van der Waals surface area contributed by atoms with Crippen LogP contribution in [0.25, 0.3) is 11.0 Å². The highest BCUT2D eigenvalue weighted by Crippen LogP contribution is 2.25. The number of hydrogen-bond donors (Lipinski definition) is 0. The van der Waals surface area contributed by atoms with Gasteiger partial charge in [0.2, 0.25) is 11.9 Å². The Hall–Kier alpha value is -4.40. The van der Waals surface area contributed by atoms with Crippen LogP contribution in [0.2, 0.25) is 0 Å². The van der Waals surface area contributed by atoms with Gasteiger partial charge in [-0.1, -0.05) is 18.2 Å². The van der Waals surface area contributed by atoms with Gasteiger partial charge >= 0.3 is 0 Å². The molecule has 0 fully saturated rings. The van der Waals surface area contributed by atoms with Crippen molar-refractivity contribution in [3.8, 4) is 0 Å². The lowest BCUT2D eigenvalue weighted by Crippen LogP contribution is -2.39. The van der Waals surface area contributed by atoms with Crippen LogP contribution in [0.5, 0.6) is 0 Å². The lowest BCUT2D eigenvalue weighted by Gasteiger charge is -2.28. The van der Waals surface area contributed by atoms with Crippen molar-refractivity contribution in [1.82, 2.24) is 24.8 Å². The molecule has 9 nitrogen and oxygen atoms in total. The third kappa shape index (κ3) is 5.32. The maximum absolute atomic E-state index is 14.0. The number of rotatable bonds is 2. The minimum absolute atomic E-state index is 0.0316. The van der Waals surface area contributed by atoms with E-state index in [2.05, 4.69) is 24.8 Å². The van der Waals surface area contributed by atoms with Gasteiger partial charge < -0.3 is 14.7 Å². The normalized spacial score (nSPS) is 14.7. The molecule has 2 aromatic carbocycles. The van der Waals surface area contributed by atoms with Crippen molar-refractivity contribution in [2.45, 2.75) is 33.7 Å². The summed E-state index contributed by atoms with van der Waals surface area (Å²) < 4.78 is 0. The fourth-order valence-corrected chi connectivity index (χ4v) is 4.79. The van der Waals surface area contributed by atoms with Crippen LogP contribution in [0.3, 0.4) is 0 Å². The number of carbonyl (C=O) groups excluding carboxylic acids is 2. The van der Waals surface area contributed by atoms with Gasteiger partial charge in [0.25, 0.3) is 5.91 Å². The van der Waals surface area contributed by atoms with Crippen molar-refractivity contribution in [3.05, 3.63) is 83.4 Å². The first kappa shape index (κ1) is 25.3. The Morgan fingerprint density at radius 2 is 1.55 bits per heavy atom. The summed E-state index contributed by atoms with van der Waals surface area (Å²) >= 11 is 0. The molecular weight excluding hydrogens is 478 g/mol. The average Bonchev–Trinajstić information content (AvgIpc) is 2.96. The largest absolute Gasteiger partial charge is 0.339 e. The van der Waals surface area contributed by atoms with E-state index in [0.29, 0.717) is 49.8 Å². The van der Waals surface area contributed by atoms with Gasteiger partial charge in [0.05, 0.1) is 22.4 Å². The van der Waals surface area contributed by atoms with E-state index < -0.39 is 0 Å². The zero-order valence-corrected chi connectivity index (χ0v) is 22.0. The summed E-state index contributed by atoms with van der Waals surface area (Å²) in [4.78, 5) is 50.5. The molecule has 0 N–H and O–H groups in total. The first-order valence-corrected chi connectivity index (χ1v) is 12.8. The summed E-state index contributed by atoms with van der Waals surface area (Å²) in [6.45, 7) is 8.02. The molecule has 5 rings (SSSR count). The summed E-state index contributed by atoms with van der Waals surface area (Å²) in [6.07, 6.45) is 4.17. The van der Waals surface area contributed by atoms with E-state index in [-0.39, 0.29) is 11.8 Å². The molecule has 194 valence electrons. The molecule has 0 unspecified atom stereocenters. The molecule has 2 amide bonds. The predicted octanol–water partition coefficient (Wildman–Crippen LogP) is 3.94. The van der Waals surface area contributed by atoms with E-state index in [1.54, 1.807) is 30.3 Å². The Bertz CT molecular complexity index is 1470. The topological polar surface area (TPSA) is 95.4 Å². The van der Waals surface area contributed by atoms with Crippen LogP contribution in [0.15, 0.2) is 60.9 Å². The number of anilines is 2. The third-order valence-corrected chi connectivity index (χ3v) is 6.92. The minimum Gasteiger partial charge on any atom is -0.339 e. The molecule has 0 bridgehead atoms. The van der Waals surface area contributed by atoms with E-state index in [1.165, 1.54) is 0 Å². The van der Waals surface area contributed by atoms with Gasteiger partial charge in [0.1, 0.15) is 0 Å². The molecule has 1 aliphatic heterocycles. The van der Waals surface area contributed by atoms with Crippen molar-refractivity contribution in [1.29, 1.82) is 0 Å². The number of para-hydroxylation sites is 1. The minimum atomic E-state index is -0.107. The highest BCUT2D eigenvalue weighted by atomic mass is 16.2. The fraction of sp³-hybridized carbons (Fsp3) is 0.310. The second-order valence-corrected chi connectivity index (χ2v) is 9.51. The van der Waals surface area contributed by atoms with Gasteiger partial charge in [0, 0.05) is 63.3 Å². The molecule has 9 heteroatoms. The molecule has 0 spiro atoms. The predicted molar refractivity (Wildman–Crippen MR) is 147 cm³/mol. The summed E-state index contributed by atoms with van der Waals surface area (Å²) in [5.41, 5.74) is 5.47. The van der Waals surface area contributed by atoms with Crippen LogP contribution < -0.4 is 9.80 Å². The second-order valence-electron chi connectivity index (χ2n) is 9.51. The van der Waals surface area contributed by atoms with Gasteiger partial charge in [-0.2, -0.15) is 0 Å². The van der Waals surface area contributed by atoms with Gasteiger partial charge in [-0.15, -0.1) is 0 Å². The van der Waals surface area contributed by atoms with Crippen molar-refractivity contribution < 1.29 is 9.59 Å². The van der Waals surface area contributed by atoms with Crippen LogP contribution in [0, 0.1) is 13.8 Å². The quantitative estimate of drug-likeness (QED) is 0.404. The number of amides is 2. The number of nitrogens with zero attached hydrogens (tertiary/aromatic N) is 7. The highest BCUT2D eigenvalue weighted by molar-refractivity contribution is 5.97. The summed E-state index contributed by atoms with van der Waals surface area (Å²) in [5, 5.41) is 0. The molecule has 2 aromatic heterocycles. The van der Waals surface area contributed by atoms with Crippen LogP contribution >= 0.6 is 0 Å². The van der Waals surface area contributed by atoms with Crippen molar-refractivity contribution in [2.75, 3.05) is 36.0 Å². The van der Waals surface area contributed by atoms with Crippen molar-refractivity contribution in [2.24, 2.45) is 0 Å². The molecule has 0 radical (unpaired) electrons. The molecule has 0 saturated carbocycles. The molecule has 0 atom stereocenters. The molecule has 1 aliphatic rings. The van der Waals surface area contributed by atoms with Gasteiger partial charge in [-0.05, 0) is 56.2 Å². The third-order valence-electron chi connectivity index (χ3n) is 6.92. The van der Waals surface area contributed by atoms with Crippen molar-refractivity contribution in [3.63, 3.8) is 0 Å². The second kappa shape index (κ2) is 10.9. The standard InChI is InChI=1S/C29H31N7O2/c1-20-21(2)33-26-18-23(10-11-25(26)32-20)28(38)35-17-16-34(29-30-12-6-13-31-29)14-7-15-36(22(3)37)27-9-5-4-8-24(27)19-35/h4-6,8-13,18H,7,14-17,19H2,1-3H3. The molecule has 38 heavy (non-hydrogen) atoms. The average molecular weight is 510 g/mol.